The van der Waals surface area contributed by atoms with Gasteiger partial charge in [0.25, 0.3) is 0 Å². The van der Waals surface area contributed by atoms with Crippen molar-refractivity contribution in [1.29, 1.82) is 0 Å². The summed E-state index contributed by atoms with van der Waals surface area (Å²) in [5.74, 6) is 1.71. The maximum Gasteiger partial charge on any atom is 0.0802 e. The molecule has 1 aliphatic heterocycles. The van der Waals surface area contributed by atoms with Gasteiger partial charge in [-0.25, -0.2) is 0 Å². The SMILES string of the molecule is Cc1cc(C)cc(C(O)CCN2CCC(C(C)C)CC2)c1. The summed E-state index contributed by atoms with van der Waals surface area (Å²) in [6.07, 6.45) is 3.15. The molecule has 1 aliphatic rings. The first-order valence-electron chi connectivity index (χ1n) is 8.44. The normalized spacial score (nSPS) is 19.1. The standard InChI is InChI=1S/C19H31NO/c1-14(2)17-5-8-20(9-6-17)10-7-19(21)18-12-15(3)11-16(4)13-18/h11-14,17,19,21H,5-10H2,1-4H3. The second-order valence-corrected chi connectivity index (χ2v) is 7.15. The Morgan fingerprint density at radius 1 is 1.10 bits per heavy atom. The summed E-state index contributed by atoms with van der Waals surface area (Å²) >= 11 is 0. The molecule has 21 heavy (non-hydrogen) atoms. The topological polar surface area (TPSA) is 23.5 Å². The molecule has 2 heteroatoms. The molecule has 0 bridgehead atoms. The maximum atomic E-state index is 10.4. The summed E-state index contributed by atoms with van der Waals surface area (Å²) in [5.41, 5.74) is 3.55. The Kier molecular flexibility index (Phi) is 5.83. The van der Waals surface area contributed by atoms with Crippen molar-refractivity contribution < 1.29 is 5.11 Å². The number of hydrogen-bond acceptors (Lipinski definition) is 2. The van der Waals surface area contributed by atoms with E-state index in [1.165, 1.54) is 37.1 Å². The molecule has 2 rings (SSSR count). The summed E-state index contributed by atoms with van der Waals surface area (Å²) in [7, 11) is 0. The predicted molar refractivity (Wildman–Crippen MR) is 89.5 cm³/mol. The van der Waals surface area contributed by atoms with E-state index in [2.05, 4.69) is 50.8 Å². The second kappa shape index (κ2) is 7.42. The van der Waals surface area contributed by atoms with Crippen molar-refractivity contribution in [3.05, 3.63) is 34.9 Å². The van der Waals surface area contributed by atoms with Crippen molar-refractivity contribution in [1.82, 2.24) is 4.90 Å². The van der Waals surface area contributed by atoms with Crippen molar-refractivity contribution in [3.8, 4) is 0 Å². The molecule has 0 saturated carbocycles. The average Bonchev–Trinajstić information content (AvgIpc) is 2.44. The maximum absolute atomic E-state index is 10.4. The van der Waals surface area contributed by atoms with Gasteiger partial charge in [-0.3, -0.25) is 0 Å². The highest BCUT2D eigenvalue weighted by Gasteiger charge is 2.21. The average molecular weight is 289 g/mol. The van der Waals surface area contributed by atoms with Gasteiger partial charge in [-0.15, -0.1) is 0 Å². The second-order valence-electron chi connectivity index (χ2n) is 7.15. The molecule has 0 amide bonds. The Bertz CT molecular complexity index is 427. The summed E-state index contributed by atoms with van der Waals surface area (Å²) in [4.78, 5) is 2.52. The van der Waals surface area contributed by atoms with Gasteiger partial charge in [0.05, 0.1) is 6.10 Å². The minimum absolute atomic E-state index is 0.327. The zero-order valence-electron chi connectivity index (χ0n) is 14.1. The van der Waals surface area contributed by atoms with Crippen LogP contribution in [-0.4, -0.2) is 29.6 Å². The van der Waals surface area contributed by atoms with Gasteiger partial charge in [-0.05, 0) is 63.6 Å². The molecule has 1 unspecified atom stereocenters. The first-order chi connectivity index (χ1) is 9.95. The predicted octanol–water partition coefficient (Wildman–Crippen LogP) is 4.09. The van der Waals surface area contributed by atoms with Gasteiger partial charge in [-0.1, -0.05) is 43.2 Å². The minimum atomic E-state index is -0.327. The summed E-state index contributed by atoms with van der Waals surface area (Å²) in [5, 5.41) is 10.4. The fraction of sp³-hybridized carbons (Fsp3) is 0.684. The van der Waals surface area contributed by atoms with Crippen LogP contribution >= 0.6 is 0 Å². The number of rotatable bonds is 5. The lowest BCUT2D eigenvalue weighted by Gasteiger charge is -2.34. The number of benzene rings is 1. The number of piperidine rings is 1. The van der Waals surface area contributed by atoms with Crippen LogP contribution in [0.1, 0.15) is 55.9 Å². The van der Waals surface area contributed by atoms with Crippen LogP contribution in [0.25, 0.3) is 0 Å². The van der Waals surface area contributed by atoms with Crippen LogP contribution in [-0.2, 0) is 0 Å². The van der Waals surface area contributed by atoms with Crippen LogP contribution in [0, 0.1) is 25.7 Å². The number of hydrogen-bond donors (Lipinski definition) is 1. The highest BCUT2D eigenvalue weighted by molar-refractivity contribution is 5.29. The third-order valence-electron chi connectivity index (χ3n) is 4.92. The van der Waals surface area contributed by atoms with Gasteiger partial charge in [0.1, 0.15) is 0 Å². The Balaban J connectivity index is 1.80. The molecule has 1 N–H and O–H groups in total. The van der Waals surface area contributed by atoms with Gasteiger partial charge in [0.15, 0.2) is 0 Å². The van der Waals surface area contributed by atoms with E-state index in [0.717, 1.165) is 30.4 Å². The largest absolute Gasteiger partial charge is 0.388 e. The molecule has 1 aromatic rings. The molecule has 1 atom stereocenters. The van der Waals surface area contributed by atoms with E-state index >= 15 is 0 Å². The molecule has 0 spiro atoms. The monoisotopic (exact) mass is 289 g/mol. The third-order valence-corrected chi connectivity index (χ3v) is 4.92. The lowest BCUT2D eigenvalue weighted by molar-refractivity contribution is 0.114. The Morgan fingerprint density at radius 3 is 2.19 bits per heavy atom. The van der Waals surface area contributed by atoms with Crippen LogP contribution in [0.15, 0.2) is 18.2 Å². The number of aliphatic hydroxyl groups is 1. The zero-order valence-corrected chi connectivity index (χ0v) is 14.1. The van der Waals surface area contributed by atoms with Gasteiger partial charge in [0.2, 0.25) is 0 Å². The van der Waals surface area contributed by atoms with E-state index in [1.807, 2.05) is 0 Å². The molecular formula is C19H31NO. The molecule has 2 nitrogen and oxygen atoms in total. The van der Waals surface area contributed by atoms with E-state index in [0.29, 0.717) is 0 Å². The van der Waals surface area contributed by atoms with Gasteiger partial charge >= 0.3 is 0 Å². The summed E-state index contributed by atoms with van der Waals surface area (Å²) in [6.45, 7) is 12.3. The Morgan fingerprint density at radius 2 is 1.67 bits per heavy atom. The number of aliphatic hydroxyl groups excluding tert-OH is 1. The van der Waals surface area contributed by atoms with Crippen LogP contribution in [0.3, 0.4) is 0 Å². The number of nitrogens with zero attached hydrogens (tertiary/aromatic N) is 1. The van der Waals surface area contributed by atoms with Crippen LogP contribution in [0.5, 0.6) is 0 Å². The lowest BCUT2D eigenvalue weighted by atomic mass is 9.86. The first kappa shape index (κ1) is 16.5. The van der Waals surface area contributed by atoms with Crippen LogP contribution in [0.2, 0.25) is 0 Å². The van der Waals surface area contributed by atoms with E-state index in [1.54, 1.807) is 0 Å². The fourth-order valence-corrected chi connectivity index (χ4v) is 3.52. The van der Waals surface area contributed by atoms with E-state index in [-0.39, 0.29) is 6.10 Å². The minimum Gasteiger partial charge on any atom is -0.388 e. The molecule has 0 aliphatic carbocycles. The van der Waals surface area contributed by atoms with E-state index in [9.17, 15) is 5.11 Å². The molecule has 1 saturated heterocycles. The molecule has 1 heterocycles. The Hall–Kier alpha value is -0.860. The highest BCUT2D eigenvalue weighted by atomic mass is 16.3. The summed E-state index contributed by atoms with van der Waals surface area (Å²) < 4.78 is 0. The van der Waals surface area contributed by atoms with Gasteiger partial charge in [0, 0.05) is 6.54 Å². The molecule has 0 aromatic heterocycles. The van der Waals surface area contributed by atoms with Gasteiger partial charge < -0.3 is 10.0 Å². The van der Waals surface area contributed by atoms with E-state index < -0.39 is 0 Å². The molecule has 0 radical (unpaired) electrons. The van der Waals surface area contributed by atoms with Crippen molar-refractivity contribution in [2.45, 2.75) is 53.1 Å². The molecule has 118 valence electrons. The molecular weight excluding hydrogens is 258 g/mol. The third kappa shape index (κ3) is 4.82. The van der Waals surface area contributed by atoms with Crippen LogP contribution < -0.4 is 0 Å². The van der Waals surface area contributed by atoms with Crippen molar-refractivity contribution in [3.63, 3.8) is 0 Å². The van der Waals surface area contributed by atoms with Crippen LogP contribution in [0.4, 0.5) is 0 Å². The molecule has 1 fully saturated rings. The summed E-state index contributed by atoms with van der Waals surface area (Å²) in [6, 6.07) is 6.39. The zero-order chi connectivity index (χ0) is 15.4. The lowest BCUT2D eigenvalue weighted by Crippen LogP contribution is -2.36. The highest BCUT2D eigenvalue weighted by Crippen LogP contribution is 2.26. The fourth-order valence-electron chi connectivity index (χ4n) is 3.52. The van der Waals surface area contributed by atoms with E-state index in [4.69, 9.17) is 0 Å². The van der Waals surface area contributed by atoms with Gasteiger partial charge in [-0.2, -0.15) is 0 Å². The molecule has 1 aromatic carbocycles. The Labute approximate surface area is 130 Å². The van der Waals surface area contributed by atoms with Crippen molar-refractivity contribution in [2.24, 2.45) is 11.8 Å². The smallest absolute Gasteiger partial charge is 0.0802 e. The first-order valence-corrected chi connectivity index (χ1v) is 8.44. The van der Waals surface area contributed by atoms with Crippen molar-refractivity contribution >= 4 is 0 Å². The number of likely N-dealkylation sites (tertiary alicyclic amines) is 1. The van der Waals surface area contributed by atoms with Crippen molar-refractivity contribution in [2.75, 3.05) is 19.6 Å². The number of aryl methyl sites for hydroxylation is 2. The quantitative estimate of drug-likeness (QED) is 0.882.